The van der Waals surface area contributed by atoms with E-state index in [0.717, 1.165) is 22.3 Å². The summed E-state index contributed by atoms with van der Waals surface area (Å²) >= 11 is 0. The van der Waals surface area contributed by atoms with Crippen LogP contribution in [0.2, 0.25) is 0 Å². The fraction of sp³-hybridized carbons (Fsp3) is 0.375. The largest absolute Gasteiger partial charge is 0.481 e. The van der Waals surface area contributed by atoms with Crippen molar-refractivity contribution in [3.8, 4) is 11.1 Å². The Bertz CT molecular complexity index is 969. The number of rotatable bonds is 8. The van der Waals surface area contributed by atoms with Crippen molar-refractivity contribution in [3.63, 3.8) is 0 Å². The van der Waals surface area contributed by atoms with Gasteiger partial charge in [-0.15, -0.1) is 0 Å². The van der Waals surface area contributed by atoms with E-state index < -0.39 is 23.4 Å². The zero-order chi connectivity index (χ0) is 22.0. The van der Waals surface area contributed by atoms with Gasteiger partial charge in [0.2, 0.25) is 5.91 Å². The van der Waals surface area contributed by atoms with Gasteiger partial charge in [0, 0.05) is 19.0 Å². The van der Waals surface area contributed by atoms with Crippen molar-refractivity contribution in [2.24, 2.45) is 11.3 Å². The number of carbonyl (C=O) groups excluding carboxylic acids is 2. The predicted octanol–water partition coefficient (Wildman–Crippen LogP) is 3.14. The molecule has 1 atom stereocenters. The molecule has 7 heteroatoms. The van der Waals surface area contributed by atoms with Crippen LogP contribution in [0.4, 0.5) is 4.79 Å². The topological polar surface area (TPSA) is 105 Å². The van der Waals surface area contributed by atoms with Gasteiger partial charge < -0.3 is 20.5 Å². The average molecular weight is 422 g/mol. The molecule has 3 N–H and O–H groups in total. The SMILES string of the molecule is CC(CNC(=O)OCC1c2ccccc2-c2ccccc21)C(=O)NCC1(C(=O)O)CC1. The standard InChI is InChI=1S/C24H26N2O5/c1-15(21(27)26-14-24(10-11-24)22(28)29)12-25-23(30)31-13-20-18-8-4-2-6-16(18)17-7-3-5-9-19(17)20/h2-9,15,20H,10-14H2,1H3,(H,25,30)(H,26,27)(H,28,29). The van der Waals surface area contributed by atoms with Gasteiger partial charge in [0.05, 0.1) is 11.3 Å². The van der Waals surface area contributed by atoms with Crippen molar-refractivity contribution in [3.05, 3.63) is 59.7 Å². The molecule has 0 radical (unpaired) electrons. The number of carboxylic acids is 1. The third kappa shape index (κ3) is 4.26. The minimum atomic E-state index is -0.878. The zero-order valence-electron chi connectivity index (χ0n) is 17.4. The van der Waals surface area contributed by atoms with Crippen molar-refractivity contribution < 1.29 is 24.2 Å². The Hall–Kier alpha value is -3.35. The highest BCUT2D eigenvalue weighted by Gasteiger charge is 2.50. The van der Waals surface area contributed by atoms with Gasteiger partial charge in [-0.05, 0) is 35.1 Å². The summed E-state index contributed by atoms with van der Waals surface area (Å²) in [4.78, 5) is 35.6. The minimum Gasteiger partial charge on any atom is -0.481 e. The van der Waals surface area contributed by atoms with Crippen molar-refractivity contribution in [1.82, 2.24) is 10.6 Å². The van der Waals surface area contributed by atoms with Crippen molar-refractivity contribution in [1.29, 1.82) is 0 Å². The fourth-order valence-electron chi connectivity index (χ4n) is 4.03. The van der Waals surface area contributed by atoms with Gasteiger partial charge in [0.15, 0.2) is 0 Å². The molecule has 0 bridgehead atoms. The van der Waals surface area contributed by atoms with E-state index in [2.05, 4.69) is 34.9 Å². The molecule has 0 spiro atoms. The third-order valence-corrected chi connectivity index (χ3v) is 6.25. The highest BCUT2D eigenvalue weighted by molar-refractivity contribution is 5.82. The van der Waals surface area contributed by atoms with E-state index in [-0.39, 0.29) is 31.5 Å². The monoisotopic (exact) mass is 422 g/mol. The van der Waals surface area contributed by atoms with Crippen LogP contribution in [0, 0.1) is 11.3 Å². The summed E-state index contributed by atoms with van der Waals surface area (Å²) in [6.07, 6.45) is 0.579. The van der Waals surface area contributed by atoms with Gasteiger partial charge in [-0.2, -0.15) is 0 Å². The van der Waals surface area contributed by atoms with E-state index in [1.807, 2.05) is 24.3 Å². The van der Waals surface area contributed by atoms with Crippen LogP contribution in [-0.4, -0.2) is 42.8 Å². The first-order chi connectivity index (χ1) is 14.9. The lowest BCUT2D eigenvalue weighted by Gasteiger charge is -2.17. The molecule has 31 heavy (non-hydrogen) atoms. The highest BCUT2D eigenvalue weighted by atomic mass is 16.5. The molecular formula is C24H26N2O5. The van der Waals surface area contributed by atoms with Gasteiger partial charge >= 0.3 is 12.1 Å². The van der Waals surface area contributed by atoms with E-state index >= 15 is 0 Å². The van der Waals surface area contributed by atoms with Gasteiger partial charge in [-0.3, -0.25) is 9.59 Å². The van der Waals surface area contributed by atoms with Gasteiger partial charge in [-0.1, -0.05) is 55.5 Å². The Morgan fingerprint density at radius 2 is 1.61 bits per heavy atom. The lowest BCUT2D eigenvalue weighted by Crippen LogP contribution is -2.41. The Labute approximate surface area is 180 Å². The first-order valence-corrected chi connectivity index (χ1v) is 10.5. The van der Waals surface area contributed by atoms with Crippen molar-refractivity contribution in [2.75, 3.05) is 19.7 Å². The number of ether oxygens (including phenoxy) is 1. The normalized spacial score (nSPS) is 16.5. The molecule has 2 aromatic rings. The second kappa shape index (κ2) is 8.41. The first-order valence-electron chi connectivity index (χ1n) is 10.5. The highest BCUT2D eigenvalue weighted by Crippen LogP contribution is 2.45. The molecule has 2 amide bonds. The summed E-state index contributed by atoms with van der Waals surface area (Å²) in [5.41, 5.74) is 3.78. The zero-order valence-corrected chi connectivity index (χ0v) is 17.4. The number of alkyl carbamates (subject to hydrolysis) is 1. The maximum absolute atomic E-state index is 12.2. The molecule has 162 valence electrons. The van der Waals surface area contributed by atoms with Crippen LogP contribution in [0.5, 0.6) is 0 Å². The molecule has 7 nitrogen and oxygen atoms in total. The summed E-state index contributed by atoms with van der Waals surface area (Å²) in [6.45, 7) is 2.13. The molecule has 2 aliphatic rings. The van der Waals surface area contributed by atoms with Crippen LogP contribution in [0.3, 0.4) is 0 Å². The molecule has 2 aromatic carbocycles. The fourth-order valence-corrected chi connectivity index (χ4v) is 4.03. The van der Waals surface area contributed by atoms with Gasteiger partial charge in [0.1, 0.15) is 6.61 Å². The Balaban J connectivity index is 1.26. The first kappa shape index (κ1) is 20.9. The summed E-state index contributed by atoms with van der Waals surface area (Å²) in [5.74, 6) is -1.68. The number of nitrogens with one attached hydrogen (secondary N) is 2. The summed E-state index contributed by atoms with van der Waals surface area (Å²) in [6, 6.07) is 16.2. The molecule has 2 aliphatic carbocycles. The molecule has 0 heterocycles. The van der Waals surface area contributed by atoms with E-state index in [4.69, 9.17) is 4.74 Å². The maximum Gasteiger partial charge on any atom is 0.407 e. The predicted molar refractivity (Wildman–Crippen MR) is 115 cm³/mol. The van der Waals surface area contributed by atoms with Crippen LogP contribution in [0.25, 0.3) is 11.1 Å². The second-order valence-electron chi connectivity index (χ2n) is 8.41. The van der Waals surface area contributed by atoms with E-state index in [9.17, 15) is 19.5 Å². The molecular weight excluding hydrogens is 396 g/mol. The minimum absolute atomic E-state index is 0.0235. The Morgan fingerprint density at radius 3 is 2.16 bits per heavy atom. The van der Waals surface area contributed by atoms with Gasteiger partial charge in [-0.25, -0.2) is 4.79 Å². The molecule has 0 aliphatic heterocycles. The number of fused-ring (bicyclic) bond motifs is 3. The van der Waals surface area contributed by atoms with E-state index in [0.29, 0.717) is 12.8 Å². The lowest BCUT2D eigenvalue weighted by atomic mass is 9.98. The molecule has 0 saturated heterocycles. The summed E-state index contributed by atoms with van der Waals surface area (Å²) in [5, 5.41) is 14.5. The number of benzene rings is 2. The number of aliphatic carboxylic acids is 1. The summed E-state index contributed by atoms with van der Waals surface area (Å²) < 4.78 is 5.47. The maximum atomic E-state index is 12.2. The molecule has 4 rings (SSSR count). The second-order valence-corrected chi connectivity index (χ2v) is 8.41. The van der Waals surface area contributed by atoms with Crippen molar-refractivity contribution >= 4 is 18.0 Å². The smallest absolute Gasteiger partial charge is 0.407 e. The molecule has 0 aromatic heterocycles. The van der Waals surface area contributed by atoms with Crippen LogP contribution in [0.15, 0.2) is 48.5 Å². The molecule has 1 unspecified atom stereocenters. The number of hydrogen-bond acceptors (Lipinski definition) is 4. The molecule has 1 fully saturated rings. The van der Waals surface area contributed by atoms with Crippen LogP contribution in [0.1, 0.15) is 36.8 Å². The quantitative estimate of drug-likeness (QED) is 0.606. The number of carbonyl (C=O) groups is 3. The number of amides is 2. The van der Waals surface area contributed by atoms with Gasteiger partial charge in [0.25, 0.3) is 0 Å². The lowest BCUT2D eigenvalue weighted by molar-refractivity contribution is -0.143. The Kier molecular flexibility index (Phi) is 5.67. The summed E-state index contributed by atoms with van der Waals surface area (Å²) in [7, 11) is 0. The van der Waals surface area contributed by atoms with Crippen LogP contribution in [-0.2, 0) is 14.3 Å². The van der Waals surface area contributed by atoms with E-state index in [1.165, 1.54) is 0 Å². The number of carboxylic acid groups (broad SMARTS) is 1. The molecule has 1 saturated carbocycles. The average Bonchev–Trinajstić information content (AvgIpc) is 3.51. The van der Waals surface area contributed by atoms with E-state index in [1.54, 1.807) is 6.92 Å². The van der Waals surface area contributed by atoms with Crippen molar-refractivity contribution in [2.45, 2.75) is 25.7 Å². The Morgan fingerprint density at radius 1 is 1.03 bits per heavy atom. The number of hydrogen-bond donors (Lipinski definition) is 3. The van der Waals surface area contributed by atoms with Crippen LogP contribution < -0.4 is 10.6 Å². The van der Waals surface area contributed by atoms with Crippen LogP contribution >= 0.6 is 0 Å². The third-order valence-electron chi connectivity index (χ3n) is 6.25.